The minimum Gasteiger partial charge on any atom is -0.354 e. The number of piperidine rings is 1. The Morgan fingerprint density at radius 1 is 1.09 bits per heavy atom. The Hall–Kier alpha value is -3.00. The number of nitrogens with zero attached hydrogens (tertiary/aromatic N) is 5. The van der Waals surface area contributed by atoms with Crippen molar-refractivity contribution in [2.75, 3.05) is 26.2 Å². The van der Waals surface area contributed by atoms with Gasteiger partial charge in [-0.1, -0.05) is 24.6 Å². The van der Waals surface area contributed by atoms with E-state index in [9.17, 15) is 9.59 Å². The van der Waals surface area contributed by atoms with Gasteiger partial charge in [0, 0.05) is 6.54 Å². The molecule has 1 saturated heterocycles. The molecule has 1 aliphatic rings. The molecule has 1 amide bonds. The molecule has 3 heterocycles. The second-order valence-corrected chi connectivity index (χ2v) is 8.61. The molecular weight excluding hydrogens is 404 g/mol. The number of carbonyl (C=O) groups excluding carboxylic acids is 1. The maximum Gasteiger partial charge on any atom is 0.278 e. The number of hydrogen-bond donors (Lipinski definition) is 1. The van der Waals surface area contributed by atoms with Crippen LogP contribution in [-0.2, 0) is 4.79 Å². The van der Waals surface area contributed by atoms with Gasteiger partial charge in [-0.25, -0.2) is 9.36 Å². The Bertz CT molecular complexity index is 1140. The molecule has 170 valence electrons. The second-order valence-electron chi connectivity index (χ2n) is 8.61. The van der Waals surface area contributed by atoms with Crippen molar-refractivity contribution in [1.82, 2.24) is 29.8 Å². The van der Waals surface area contributed by atoms with Crippen molar-refractivity contribution in [2.45, 2.75) is 52.5 Å². The van der Waals surface area contributed by atoms with Gasteiger partial charge in [0.2, 0.25) is 5.91 Å². The molecule has 0 saturated carbocycles. The van der Waals surface area contributed by atoms with Crippen LogP contribution in [0.5, 0.6) is 0 Å². The summed E-state index contributed by atoms with van der Waals surface area (Å²) in [5.74, 6) is -0.190. The van der Waals surface area contributed by atoms with Crippen molar-refractivity contribution in [3.8, 4) is 5.69 Å². The number of hydrogen-bond acceptors (Lipinski definition) is 5. The van der Waals surface area contributed by atoms with E-state index in [1.807, 2.05) is 44.2 Å². The largest absolute Gasteiger partial charge is 0.354 e. The van der Waals surface area contributed by atoms with Crippen molar-refractivity contribution in [3.63, 3.8) is 0 Å². The number of rotatable bonds is 7. The summed E-state index contributed by atoms with van der Waals surface area (Å²) in [6.07, 6.45) is 4.75. The standard InChI is InChI=1S/C24H32N6O2/c1-17-22-21(18(2)29(27-22)20-11-6-4-7-12-20)24(32)30(26-17)19(3)23(31)25-13-10-16-28-14-8-5-9-15-28/h4,6-7,11-12,19H,5,8-10,13-16H2,1-3H3,(H,25,31)/t19-/m0/s1. The average molecular weight is 437 g/mol. The molecule has 8 nitrogen and oxygen atoms in total. The first-order valence-electron chi connectivity index (χ1n) is 11.5. The van der Waals surface area contributed by atoms with Gasteiger partial charge in [-0.3, -0.25) is 9.59 Å². The van der Waals surface area contributed by atoms with Crippen molar-refractivity contribution in [2.24, 2.45) is 0 Å². The lowest BCUT2D eigenvalue weighted by Crippen LogP contribution is -2.39. The number of likely N-dealkylation sites (tertiary alicyclic amines) is 1. The third-order valence-corrected chi connectivity index (χ3v) is 6.28. The first-order valence-corrected chi connectivity index (χ1v) is 11.5. The molecule has 1 atom stereocenters. The van der Waals surface area contributed by atoms with Crippen molar-refractivity contribution in [1.29, 1.82) is 0 Å². The Labute approximate surface area is 188 Å². The van der Waals surface area contributed by atoms with Gasteiger partial charge >= 0.3 is 0 Å². The SMILES string of the molecule is Cc1nn([C@@H](C)C(=O)NCCCN2CCCCC2)c(=O)c2c(C)n(-c3ccccc3)nc12. The maximum atomic E-state index is 13.3. The summed E-state index contributed by atoms with van der Waals surface area (Å²) >= 11 is 0. The Morgan fingerprint density at radius 2 is 1.81 bits per heavy atom. The molecule has 32 heavy (non-hydrogen) atoms. The van der Waals surface area contributed by atoms with Crippen LogP contribution < -0.4 is 10.9 Å². The highest BCUT2D eigenvalue weighted by Gasteiger charge is 2.23. The monoisotopic (exact) mass is 436 g/mol. The smallest absolute Gasteiger partial charge is 0.278 e. The Kier molecular flexibility index (Phi) is 6.69. The number of aromatic nitrogens is 4. The van der Waals surface area contributed by atoms with E-state index < -0.39 is 6.04 Å². The van der Waals surface area contributed by atoms with Crippen LogP contribution in [-0.4, -0.2) is 56.5 Å². The number of fused-ring (bicyclic) bond motifs is 1. The second kappa shape index (κ2) is 9.65. The molecule has 1 fully saturated rings. The lowest BCUT2D eigenvalue weighted by molar-refractivity contribution is -0.124. The minimum absolute atomic E-state index is 0.190. The molecule has 0 aliphatic carbocycles. The molecule has 0 bridgehead atoms. The van der Waals surface area contributed by atoms with Gasteiger partial charge in [0.25, 0.3) is 5.56 Å². The first kappa shape index (κ1) is 22.2. The van der Waals surface area contributed by atoms with E-state index in [2.05, 4.69) is 20.4 Å². The highest BCUT2D eigenvalue weighted by atomic mass is 16.2. The van der Waals surface area contributed by atoms with E-state index in [0.717, 1.165) is 37.4 Å². The summed E-state index contributed by atoms with van der Waals surface area (Å²) in [6.45, 7) is 9.31. The molecule has 8 heteroatoms. The van der Waals surface area contributed by atoms with Gasteiger partial charge in [0.1, 0.15) is 11.6 Å². The lowest BCUT2D eigenvalue weighted by atomic mass is 10.1. The molecule has 2 aromatic heterocycles. The van der Waals surface area contributed by atoms with E-state index in [4.69, 9.17) is 0 Å². The van der Waals surface area contributed by atoms with Crippen LogP contribution in [0.1, 0.15) is 50.0 Å². The zero-order chi connectivity index (χ0) is 22.7. The van der Waals surface area contributed by atoms with Gasteiger partial charge in [0.15, 0.2) is 0 Å². The molecule has 1 aliphatic heterocycles. The summed E-state index contributed by atoms with van der Waals surface area (Å²) < 4.78 is 3.05. The van der Waals surface area contributed by atoms with Gasteiger partial charge in [-0.05, 0) is 71.8 Å². The number of para-hydroxylation sites is 1. The van der Waals surface area contributed by atoms with Crippen LogP contribution in [0.15, 0.2) is 35.1 Å². The first-order chi connectivity index (χ1) is 15.5. The fourth-order valence-corrected chi connectivity index (χ4v) is 4.42. The number of amides is 1. The zero-order valence-corrected chi connectivity index (χ0v) is 19.2. The van der Waals surface area contributed by atoms with Crippen LogP contribution in [0.25, 0.3) is 16.6 Å². The summed E-state index contributed by atoms with van der Waals surface area (Å²) in [6, 6.07) is 9.00. The van der Waals surface area contributed by atoms with E-state index in [1.54, 1.807) is 11.6 Å². The van der Waals surface area contributed by atoms with Gasteiger partial charge in [0.05, 0.1) is 22.5 Å². The zero-order valence-electron chi connectivity index (χ0n) is 19.2. The molecule has 3 aromatic rings. The fraction of sp³-hybridized carbons (Fsp3) is 0.500. The summed E-state index contributed by atoms with van der Waals surface area (Å²) in [5, 5.41) is 12.5. The third kappa shape index (κ3) is 4.46. The Morgan fingerprint density at radius 3 is 2.53 bits per heavy atom. The molecule has 0 radical (unpaired) electrons. The van der Waals surface area contributed by atoms with Gasteiger partial charge in [-0.15, -0.1) is 0 Å². The summed E-state index contributed by atoms with van der Waals surface area (Å²) in [4.78, 5) is 28.5. The molecule has 1 N–H and O–H groups in total. The minimum atomic E-state index is -0.694. The highest BCUT2D eigenvalue weighted by molar-refractivity contribution is 5.84. The molecular formula is C24H32N6O2. The lowest BCUT2D eigenvalue weighted by Gasteiger charge is -2.26. The quantitative estimate of drug-likeness (QED) is 0.576. The Balaban J connectivity index is 1.50. The van der Waals surface area contributed by atoms with Gasteiger partial charge in [-0.2, -0.15) is 10.2 Å². The van der Waals surface area contributed by atoms with E-state index in [-0.39, 0.29) is 11.5 Å². The van der Waals surface area contributed by atoms with Crippen molar-refractivity contribution in [3.05, 3.63) is 52.1 Å². The molecule has 4 rings (SSSR count). The van der Waals surface area contributed by atoms with E-state index in [1.165, 1.54) is 23.9 Å². The maximum absolute atomic E-state index is 13.3. The van der Waals surface area contributed by atoms with E-state index in [0.29, 0.717) is 23.1 Å². The van der Waals surface area contributed by atoms with Crippen LogP contribution in [0.2, 0.25) is 0 Å². The fourth-order valence-electron chi connectivity index (χ4n) is 4.42. The molecule has 0 unspecified atom stereocenters. The van der Waals surface area contributed by atoms with Crippen LogP contribution in [0, 0.1) is 13.8 Å². The number of nitrogens with one attached hydrogen (secondary N) is 1. The molecule has 0 spiro atoms. The highest BCUT2D eigenvalue weighted by Crippen LogP contribution is 2.20. The van der Waals surface area contributed by atoms with Crippen LogP contribution >= 0.6 is 0 Å². The third-order valence-electron chi connectivity index (χ3n) is 6.28. The summed E-state index contributed by atoms with van der Waals surface area (Å²) in [5.41, 5.74) is 2.53. The summed E-state index contributed by atoms with van der Waals surface area (Å²) in [7, 11) is 0. The number of aryl methyl sites for hydroxylation is 2. The van der Waals surface area contributed by atoms with E-state index >= 15 is 0 Å². The van der Waals surface area contributed by atoms with Crippen LogP contribution in [0.4, 0.5) is 0 Å². The predicted octanol–water partition coefficient (Wildman–Crippen LogP) is 2.75. The van der Waals surface area contributed by atoms with Crippen molar-refractivity contribution < 1.29 is 4.79 Å². The normalized spacial score (nSPS) is 15.7. The number of benzene rings is 1. The average Bonchev–Trinajstić information content (AvgIpc) is 3.18. The molecule has 1 aromatic carbocycles. The van der Waals surface area contributed by atoms with Gasteiger partial charge < -0.3 is 10.2 Å². The van der Waals surface area contributed by atoms with Crippen molar-refractivity contribution >= 4 is 16.8 Å². The predicted molar refractivity (Wildman–Crippen MR) is 125 cm³/mol. The van der Waals surface area contributed by atoms with Crippen LogP contribution in [0.3, 0.4) is 0 Å². The topological polar surface area (TPSA) is 85.0 Å². The number of carbonyl (C=O) groups is 1.